The summed E-state index contributed by atoms with van der Waals surface area (Å²) in [6.45, 7) is 2.96. The van der Waals surface area contributed by atoms with E-state index < -0.39 is 0 Å². The van der Waals surface area contributed by atoms with Crippen LogP contribution in [-0.2, 0) is 21.4 Å². The summed E-state index contributed by atoms with van der Waals surface area (Å²) < 4.78 is 13.0. The van der Waals surface area contributed by atoms with Crippen molar-refractivity contribution >= 4 is 11.8 Å². The second kappa shape index (κ2) is 8.58. The zero-order valence-corrected chi connectivity index (χ0v) is 19.3. The summed E-state index contributed by atoms with van der Waals surface area (Å²) in [5, 5.41) is 6.01. The van der Waals surface area contributed by atoms with Gasteiger partial charge in [0.2, 0.25) is 11.8 Å². The summed E-state index contributed by atoms with van der Waals surface area (Å²) in [5.41, 5.74) is 3.32. The summed E-state index contributed by atoms with van der Waals surface area (Å²) in [7, 11) is 0. The van der Waals surface area contributed by atoms with Crippen molar-refractivity contribution in [3.8, 4) is 0 Å². The van der Waals surface area contributed by atoms with Gasteiger partial charge in [0.15, 0.2) is 0 Å². The number of aryl methyl sites for hydroxylation is 1. The number of carbonyl (C=O) groups excluding carboxylic acids is 2. The van der Waals surface area contributed by atoms with Gasteiger partial charge in [-0.1, -0.05) is 42.0 Å². The standard InChI is InChI=1S/C28H33FN2O2/c1-19-2-6-23(7-3-19)27-14-21-12-22(15-27)17-28(16-21,18-27)26(33)31-11-10-30-25(32)13-20-4-8-24(29)9-5-20/h2-9,21-22H,10-18H2,1H3,(H,30,32)(H,31,33). The van der Waals surface area contributed by atoms with Crippen molar-refractivity contribution in [2.24, 2.45) is 17.3 Å². The first-order valence-electron chi connectivity index (χ1n) is 12.2. The first-order chi connectivity index (χ1) is 15.9. The highest BCUT2D eigenvalue weighted by Crippen LogP contribution is 2.65. The molecular formula is C28H33FN2O2. The molecule has 0 saturated heterocycles. The van der Waals surface area contributed by atoms with Gasteiger partial charge in [0.05, 0.1) is 11.8 Å². The Hall–Kier alpha value is -2.69. The van der Waals surface area contributed by atoms with Crippen molar-refractivity contribution in [1.29, 1.82) is 0 Å². The van der Waals surface area contributed by atoms with Gasteiger partial charge in [-0.15, -0.1) is 0 Å². The highest BCUT2D eigenvalue weighted by molar-refractivity contribution is 5.83. The molecule has 0 radical (unpaired) electrons. The van der Waals surface area contributed by atoms with Crippen LogP contribution in [0.4, 0.5) is 4.39 Å². The van der Waals surface area contributed by atoms with E-state index >= 15 is 0 Å². The fraction of sp³-hybridized carbons (Fsp3) is 0.500. The van der Waals surface area contributed by atoms with Crippen LogP contribution in [0, 0.1) is 30.0 Å². The molecule has 2 atom stereocenters. The molecule has 4 aliphatic carbocycles. The lowest BCUT2D eigenvalue weighted by atomic mass is 9.42. The van der Waals surface area contributed by atoms with E-state index in [2.05, 4.69) is 41.8 Å². The monoisotopic (exact) mass is 448 g/mol. The van der Waals surface area contributed by atoms with Crippen molar-refractivity contribution in [2.75, 3.05) is 13.1 Å². The minimum Gasteiger partial charge on any atom is -0.354 e. The van der Waals surface area contributed by atoms with Crippen molar-refractivity contribution in [3.05, 3.63) is 71.0 Å². The zero-order valence-electron chi connectivity index (χ0n) is 19.3. The molecule has 4 nitrogen and oxygen atoms in total. The Morgan fingerprint density at radius 1 is 0.909 bits per heavy atom. The molecule has 4 fully saturated rings. The van der Waals surface area contributed by atoms with Gasteiger partial charge >= 0.3 is 0 Å². The van der Waals surface area contributed by atoms with E-state index in [1.807, 2.05) is 0 Å². The van der Waals surface area contributed by atoms with Gasteiger partial charge in [-0.05, 0) is 86.0 Å². The largest absolute Gasteiger partial charge is 0.354 e. The lowest BCUT2D eigenvalue weighted by Gasteiger charge is -2.61. The smallest absolute Gasteiger partial charge is 0.226 e. The fourth-order valence-corrected chi connectivity index (χ4v) is 7.19. The molecule has 2 aromatic carbocycles. The summed E-state index contributed by atoms with van der Waals surface area (Å²) in [6.07, 6.45) is 6.84. The minimum absolute atomic E-state index is 0.121. The molecule has 0 heterocycles. The average Bonchev–Trinajstić information content (AvgIpc) is 2.77. The molecule has 0 aromatic heterocycles. The molecule has 6 rings (SSSR count). The van der Waals surface area contributed by atoms with E-state index in [1.165, 1.54) is 42.5 Å². The average molecular weight is 449 g/mol. The first-order valence-corrected chi connectivity index (χ1v) is 12.2. The maximum absolute atomic E-state index is 13.4. The molecule has 2 N–H and O–H groups in total. The van der Waals surface area contributed by atoms with Gasteiger partial charge in [0.1, 0.15) is 5.82 Å². The van der Waals surface area contributed by atoms with Crippen molar-refractivity contribution in [3.63, 3.8) is 0 Å². The zero-order chi connectivity index (χ0) is 23.1. The summed E-state index contributed by atoms with van der Waals surface area (Å²) in [5.74, 6) is 1.00. The van der Waals surface area contributed by atoms with E-state index in [4.69, 9.17) is 0 Å². The van der Waals surface area contributed by atoms with E-state index in [1.54, 1.807) is 12.1 Å². The molecule has 2 amide bonds. The van der Waals surface area contributed by atoms with Gasteiger partial charge in [0.25, 0.3) is 0 Å². The Kier molecular flexibility index (Phi) is 5.75. The SMILES string of the molecule is Cc1ccc(C23CC4CC(CC(C(=O)NCCNC(=O)Cc5ccc(F)cc5)(C4)C2)C3)cc1. The Morgan fingerprint density at radius 2 is 1.55 bits per heavy atom. The number of hydrogen-bond donors (Lipinski definition) is 2. The van der Waals surface area contributed by atoms with E-state index in [0.29, 0.717) is 24.9 Å². The summed E-state index contributed by atoms with van der Waals surface area (Å²) in [6, 6.07) is 14.9. The molecule has 174 valence electrons. The summed E-state index contributed by atoms with van der Waals surface area (Å²) in [4.78, 5) is 25.6. The predicted molar refractivity (Wildman–Crippen MR) is 126 cm³/mol. The number of hydrogen-bond acceptors (Lipinski definition) is 2. The van der Waals surface area contributed by atoms with Gasteiger partial charge in [-0.3, -0.25) is 9.59 Å². The third-order valence-corrected chi connectivity index (χ3v) is 8.22. The van der Waals surface area contributed by atoms with Gasteiger partial charge < -0.3 is 10.6 Å². The van der Waals surface area contributed by atoms with Crippen LogP contribution in [0.15, 0.2) is 48.5 Å². The van der Waals surface area contributed by atoms with Crippen molar-refractivity contribution in [1.82, 2.24) is 10.6 Å². The maximum Gasteiger partial charge on any atom is 0.226 e. The van der Waals surface area contributed by atoms with Crippen molar-refractivity contribution in [2.45, 2.75) is 57.3 Å². The molecule has 0 aliphatic heterocycles. The lowest BCUT2D eigenvalue weighted by Crippen LogP contribution is -2.59. The van der Waals surface area contributed by atoms with Crippen LogP contribution in [0.2, 0.25) is 0 Å². The lowest BCUT2D eigenvalue weighted by molar-refractivity contribution is -0.149. The van der Waals surface area contributed by atoms with Gasteiger partial charge in [0, 0.05) is 13.1 Å². The van der Waals surface area contributed by atoms with Crippen LogP contribution in [0.1, 0.15) is 55.2 Å². The van der Waals surface area contributed by atoms with Crippen LogP contribution in [0.3, 0.4) is 0 Å². The number of carbonyl (C=O) groups is 2. The molecule has 2 unspecified atom stereocenters. The van der Waals surface area contributed by atoms with Crippen LogP contribution < -0.4 is 10.6 Å². The number of halogens is 1. The summed E-state index contributed by atoms with van der Waals surface area (Å²) >= 11 is 0. The van der Waals surface area contributed by atoms with E-state index in [0.717, 1.165) is 24.8 Å². The molecule has 0 spiro atoms. The van der Waals surface area contributed by atoms with Crippen LogP contribution in [0.25, 0.3) is 0 Å². The fourth-order valence-electron chi connectivity index (χ4n) is 7.19. The highest BCUT2D eigenvalue weighted by Gasteiger charge is 2.60. The molecule has 4 aliphatic rings. The Morgan fingerprint density at radius 3 is 2.21 bits per heavy atom. The second-order valence-electron chi connectivity index (χ2n) is 10.8. The number of nitrogens with one attached hydrogen (secondary N) is 2. The first kappa shape index (κ1) is 22.1. The predicted octanol–water partition coefficient (Wildman–Crippen LogP) is 4.45. The quantitative estimate of drug-likeness (QED) is 0.615. The minimum atomic E-state index is -0.310. The van der Waals surface area contributed by atoms with Crippen LogP contribution in [-0.4, -0.2) is 24.9 Å². The molecule has 5 heteroatoms. The third-order valence-electron chi connectivity index (χ3n) is 8.22. The topological polar surface area (TPSA) is 58.2 Å². The molecule has 2 aromatic rings. The Labute approximate surface area is 195 Å². The second-order valence-corrected chi connectivity index (χ2v) is 10.8. The van der Waals surface area contributed by atoms with E-state index in [9.17, 15) is 14.0 Å². The van der Waals surface area contributed by atoms with Gasteiger partial charge in [-0.2, -0.15) is 0 Å². The number of rotatable bonds is 7. The van der Waals surface area contributed by atoms with Crippen LogP contribution in [0.5, 0.6) is 0 Å². The molecule has 4 bridgehead atoms. The Bertz CT molecular complexity index is 1020. The van der Waals surface area contributed by atoms with Crippen molar-refractivity contribution < 1.29 is 14.0 Å². The number of benzene rings is 2. The molecular weight excluding hydrogens is 415 g/mol. The molecule has 4 saturated carbocycles. The van der Waals surface area contributed by atoms with Crippen LogP contribution >= 0.6 is 0 Å². The third kappa shape index (κ3) is 4.42. The highest BCUT2D eigenvalue weighted by atomic mass is 19.1. The van der Waals surface area contributed by atoms with E-state index in [-0.39, 0.29) is 34.9 Å². The number of amides is 2. The van der Waals surface area contributed by atoms with Gasteiger partial charge in [-0.25, -0.2) is 4.39 Å². The Balaban J connectivity index is 1.18. The normalized spacial score (nSPS) is 29.6. The maximum atomic E-state index is 13.4. The molecule has 33 heavy (non-hydrogen) atoms.